The van der Waals surface area contributed by atoms with E-state index in [2.05, 4.69) is 4.98 Å². The molecule has 0 spiro atoms. The van der Waals surface area contributed by atoms with Crippen LogP contribution in [0.25, 0.3) is 20.8 Å². The third-order valence-corrected chi connectivity index (χ3v) is 3.49. The van der Waals surface area contributed by atoms with Crippen LogP contribution in [0.2, 0.25) is 0 Å². The molecule has 0 radical (unpaired) electrons. The predicted octanol–water partition coefficient (Wildman–Crippen LogP) is 3.54. The van der Waals surface area contributed by atoms with E-state index in [1.54, 1.807) is 12.3 Å². The minimum atomic E-state index is -0.863. The Morgan fingerprint density at radius 3 is 2.89 bits per heavy atom. The first-order chi connectivity index (χ1) is 9.19. The second-order valence-electron chi connectivity index (χ2n) is 3.66. The van der Waals surface area contributed by atoms with Crippen molar-refractivity contribution in [2.24, 2.45) is 0 Å². The first-order valence-corrected chi connectivity index (χ1v) is 6.49. The topological polar surface area (TPSA) is 74.7 Å². The molecule has 0 atom stereocenters. The smallest absolute Gasteiger partial charge is 0.501 e. The number of aliphatic hydroxyl groups excluding tert-OH is 1. The average molecular weight is 275 g/mol. The van der Waals surface area contributed by atoms with Crippen LogP contribution in [0, 0.1) is 5.39 Å². The van der Waals surface area contributed by atoms with Crippen LogP contribution in [0.5, 0.6) is 0 Å². The Labute approximate surface area is 113 Å². The fourth-order valence-electron chi connectivity index (χ4n) is 1.67. The third kappa shape index (κ3) is 2.41. The van der Waals surface area contributed by atoms with E-state index < -0.39 is 17.4 Å². The number of hydrogen-bond donors (Lipinski definition) is 1. The number of thiophene rings is 1. The highest BCUT2D eigenvalue weighted by atomic mass is 32.1. The van der Waals surface area contributed by atoms with Crippen LogP contribution in [-0.4, -0.2) is 17.7 Å². The minimum Gasteiger partial charge on any atom is -0.501 e. The average Bonchev–Trinajstić information content (AvgIpc) is 2.83. The van der Waals surface area contributed by atoms with Gasteiger partial charge in [-0.15, -0.1) is 11.3 Å². The van der Waals surface area contributed by atoms with Gasteiger partial charge in [0.05, 0.1) is 6.61 Å². The molecular weight excluding hydrogens is 264 g/mol. The molecule has 0 aliphatic carbocycles. The van der Waals surface area contributed by atoms with Crippen LogP contribution < -0.4 is 0 Å². The van der Waals surface area contributed by atoms with Gasteiger partial charge in [0, 0.05) is 21.0 Å². The molecule has 0 saturated carbocycles. The number of nitrogens with zero attached hydrogens (tertiary/aromatic N) is 2. The van der Waals surface area contributed by atoms with Crippen LogP contribution in [-0.2, 0) is 9.53 Å². The first-order valence-electron chi connectivity index (χ1n) is 5.61. The zero-order chi connectivity index (χ0) is 13.8. The van der Waals surface area contributed by atoms with Crippen LogP contribution in [0.15, 0.2) is 35.3 Å². The van der Waals surface area contributed by atoms with Crippen molar-refractivity contribution in [3.05, 3.63) is 45.9 Å². The minimum absolute atomic E-state index is 0.134. The third-order valence-electron chi connectivity index (χ3n) is 2.53. The van der Waals surface area contributed by atoms with E-state index in [-0.39, 0.29) is 6.61 Å². The van der Waals surface area contributed by atoms with E-state index in [4.69, 9.17) is 10.1 Å². The molecular formula is C13H11N2O3S+. The van der Waals surface area contributed by atoms with Gasteiger partial charge in [-0.05, 0) is 13.0 Å². The van der Waals surface area contributed by atoms with Crippen LogP contribution in [0.1, 0.15) is 12.5 Å². The summed E-state index contributed by atoms with van der Waals surface area (Å²) >= 11 is 1.43. The summed E-state index contributed by atoms with van der Waals surface area (Å²) in [6.07, 6.45) is 0. The van der Waals surface area contributed by atoms with Gasteiger partial charge < -0.3 is 9.84 Å². The maximum absolute atomic E-state index is 11.6. The van der Waals surface area contributed by atoms with Gasteiger partial charge in [-0.2, -0.15) is 0 Å². The zero-order valence-corrected chi connectivity index (χ0v) is 11.0. The van der Waals surface area contributed by atoms with Crippen LogP contribution in [0.3, 0.4) is 0 Å². The number of carbonyl (C=O) groups is 1. The van der Waals surface area contributed by atoms with Crippen molar-refractivity contribution < 1.29 is 14.6 Å². The lowest BCUT2D eigenvalue weighted by molar-refractivity contribution is -0.138. The molecule has 0 unspecified atom stereocenters. The molecule has 0 fully saturated rings. The maximum Gasteiger partial charge on any atom is 0.510 e. The number of fused-ring (bicyclic) bond motifs is 1. The first kappa shape index (κ1) is 13.1. The molecule has 0 saturated heterocycles. The van der Waals surface area contributed by atoms with E-state index in [1.807, 2.05) is 24.3 Å². The Morgan fingerprint density at radius 1 is 1.47 bits per heavy atom. The standard InChI is InChI=1S/C13H10N2O3S/c1-2-18-13(17)11(15-14)12(16)9-7-19-10-6-4-3-5-8(9)10/h3-7H,2H2,1H3/p+1. The fourth-order valence-corrected chi connectivity index (χ4v) is 2.62. The van der Waals surface area contributed by atoms with E-state index in [0.29, 0.717) is 5.56 Å². The molecule has 0 aliphatic heterocycles. The van der Waals surface area contributed by atoms with E-state index in [9.17, 15) is 9.90 Å². The molecule has 1 aromatic heterocycles. The van der Waals surface area contributed by atoms with Gasteiger partial charge in [0.1, 0.15) is 0 Å². The Bertz CT molecular complexity index is 697. The lowest BCUT2D eigenvalue weighted by atomic mass is 10.1. The highest BCUT2D eigenvalue weighted by Crippen LogP contribution is 2.31. The predicted molar refractivity (Wildman–Crippen MR) is 73.1 cm³/mol. The van der Waals surface area contributed by atoms with Gasteiger partial charge in [-0.1, -0.05) is 18.2 Å². The number of hydrogen-bond acceptors (Lipinski definition) is 5. The molecule has 19 heavy (non-hydrogen) atoms. The molecule has 96 valence electrons. The second kappa shape index (κ2) is 5.50. The van der Waals surface area contributed by atoms with E-state index in [1.165, 1.54) is 11.3 Å². The van der Waals surface area contributed by atoms with E-state index >= 15 is 0 Å². The SMILES string of the molecule is CCOC(=O)/C([N+]#N)=C(\O)c1csc2ccccc12. The van der Waals surface area contributed by atoms with Crippen molar-refractivity contribution >= 4 is 33.2 Å². The summed E-state index contributed by atoms with van der Waals surface area (Å²) in [5.74, 6) is -1.25. The fraction of sp³-hybridized carbons (Fsp3) is 0.154. The molecule has 2 aromatic rings. The summed E-state index contributed by atoms with van der Waals surface area (Å²) in [4.78, 5) is 14.4. The molecule has 0 bridgehead atoms. The number of diazo groups is 1. The largest absolute Gasteiger partial charge is 0.510 e. The monoisotopic (exact) mass is 275 g/mol. The number of ether oxygens (including phenoxy) is 1. The summed E-state index contributed by atoms with van der Waals surface area (Å²) in [5, 5.41) is 21.5. The Morgan fingerprint density at radius 2 is 2.21 bits per heavy atom. The summed E-state index contributed by atoms with van der Waals surface area (Å²) in [6, 6.07) is 7.42. The second-order valence-corrected chi connectivity index (χ2v) is 4.57. The lowest BCUT2D eigenvalue weighted by Crippen LogP contribution is -2.07. The van der Waals surface area contributed by atoms with Crippen molar-refractivity contribution in [3.63, 3.8) is 0 Å². The molecule has 1 aromatic carbocycles. The lowest BCUT2D eigenvalue weighted by Gasteiger charge is -1.97. The quantitative estimate of drug-likeness (QED) is 0.402. The van der Waals surface area contributed by atoms with Crippen LogP contribution >= 0.6 is 11.3 Å². The summed E-state index contributed by atoms with van der Waals surface area (Å²) in [7, 11) is 0. The highest BCUT2D eigenvalue weighted by molar-refractivity contribution is 7.17. The maximum atomic E-state index is 11.6. The van der Waals surface area contributed by atoms with Gasteiger partial charge in [0.25, 0.3) is 0 Å². The molecule has 5 nitrogen and oxygen atoms in total. The normalized spacial score (nSPS) is 11.8. The van der Waals surface area contributed by atoms with Gasteiger partial charge in [0.2, 0.25) is 11.2 Å². The van der Waals surface area contributed by atoms with Gasteiger partial charge in [0.15, 0.2) is 4.98 Å². The van der Waals surface area contributed by atoms with E-state index in [0.717, 1.165) is 10.1 Å². The number of esters is 1. The van der Waals surface area contributed by atoms with Crippen molar-refractivity contribution in [2.45, 2.75) is 6.92 Å². The number of benzene rings is 1. The molecule has 0 aliphatic rings. The molecule has 1 heterocycles. The summed E-state index contributed by atoms with van der Waals surface area (Å²) in [5.41, 5.74) is -0.0492. The Kier molecular flexibility index (Phi) is 3.78. The van der Waals surface area contributed by atoms with Crippen molar-refractivity contribution in [1.82, 2.24) is 0 Å². The molecule has 0 amide bonds. The summed E-state index contributed by atoms with van der Waals surface area (Å²) in [6.45, 7) is 1.76. The van der Waals surface area contributed by atoms with Gasteiger partial charge in [-0.3, -0.25) is 0 Å². The zero-order valence-electron chi connectivity index (χ0n) is 10.2. The highest BCUT2D eigenvalue weighted by Gasteiger charge is 2.32. The summed E-state index contributed by atoms with van der Waals surface area (Å²) < 4.78 is 5.68. The Hall–Kier alpha value is -2.39. The molecule has 1 N–H and O–H groups in total. The molecule has 6 heteroatoms. The number of carbonyl (C=O) groups excluding carboxylic acids is 1. The Balaban J connectivity index is 2.56. The van der Waals surface area contributed by atoms with Gasteiger partial charge >= 0.3 is 11.7 Å². The van der Waals surface area contributed by atoms with Crippen molar-refractivity contribution in [3.8, 4) is 0 Å². The molecule has 2 rings (SSSR count). The van der Waals surface area contributed by atoms with Crippen LogP contribution in [0.4, 0.5) is 0 Å². The number of rotatable bonds is 3. The van der Waals surface area contributed by atoms with Gasteiger partial charge in [-0.25, -0.2) is 4.79 Å². The number of aliphatic hydroxyl groups is 1. The van der Waals surface area contributed by atoms with Crippen molar-refractivity contribution in [1.29, 1.82) is 5.39 Å². The van der Waals surface area contributed by atoms with Crippen molar-refractivity contribution in [2.75, 3.05) is 6.61 Å².